The van der Waals surface area contributed by atoms with Crippen molar-refractivity contribution in [3.63, 3.8) is 0 Å². The average molecular weight is 336 g/mol. The zero-order valence-electron chi connectivity index (χ0n) is 12.1. The maximum atomic E-state index is 12.9. The Balaban J connectivity index is 1.83. The van der Waals surface area contributed by atoms with Crippen LogP contribution in [0.25, 0.3) is 0 Å². The molecule has 0 N–H and O–H groups in total. The number of hydrogen-bond donors (Lipinski definition) is 0. The van der Waals surface area contributed by atoms with Crippen molar-refractivity contribution < 1.29 is 4.79 Å². The van der Waals surface area contributed by atoms with Crippen molar-refractivity contribution in [3.05, 3.63) is 33.8 Å². The lowest BCUT2D eigenvalue weighted by Gasteiger charge is -2.30. The summed E-state index contributed by atoms with van der Waals surface area (Å²) in [5.41, 5.74) is 1.94. The molecule has 2 fully saturated rings. The predicted molar refractivity (Wildman–Crippen MR) is 84.9 cm³/mol. The maximum Gasteiger partial charge on any atom is 0.254 e. The minimum Gasteiger partial charge on any atom is -0.335 e. The van der Waals surface area contributed by atoms with Gasteiger partial charge in [-0.1, -0.05) is 34.8 Å². The fraction of sp³-hybridized carbons (Fsp3) is 0.588. The molecule has 1 amide bonds. The Morgan fingerprint density at radius 3 is 2.70 bits per heavy atom. The molecule has 1 saturated heterocycles. The molecule has 0 spiro atoms. The maximum absolute atomic E-state index is 12.9. The second-order valence-corrected chi connectivity index (χ2v) is 7.13. The number of carbonyl (C=O) groups is 1. The van der Waals surface area contributed by atoms with Crippen LogP contribution in [-0.4, -0.2) is 23.4 Å². The van der Waals surface area contributed by atoms with E-state index in [2.05, 4.69) is 20.8 Å². The smallest absolute Gasteiger partial charge is 0.254 e. The van der Waals surface area contributed by atoms with Gasteiger partial charge in [0.25, 0.3) is 5.91 Å². The standard InChI is InChI=1S/C17H22BrNO/c1-12-8-9-14(18)11-15(12)17(20)19-10-4-7-16(19)13-5-2-3-6-13/h8-9,11,13,16H,2-7,10H2,1H3. The lowest BCUT2D eigenvalue weighted by atomic mass is 9.95. The summed E-state index contributed by atoms with van der Waals surface area (Å²) in [6.45, 7) is 2.96. The van der Waals surface area contributed by atoms with Gasteiger partial charge in [-0.25, -0.2) is 0 Å². The van der Waals surface area contributed by atoms with E-state index < -0.39 is 0 Å². The predicted octanol–water partition coefficient (Wildman–Crippen LogP) is 4.55. The van der Waals surface area contributed by atoms with Crippen molar-refractivity contribution in [3.8, 4) is 0 Å². The molecule has 1 aliphatic heterocycles. The highest BCUT2D eigenvalue weighted by Gasteiger charge is 2.36. The van der Waals surface area contributed by atoms with Crippen molar-refractivity contribution in [1.82, 2.24) is 4.90 Å². The summed E-state index contributed by atoms with van der Waals surface area (Å²) in [4.78, 5) is 15.0. The molecule has 1 aliphatic carbocycles. The van der Waals surface area contributed by atoms with Gasteiger partial charge < -0.3 is 4.90 Å². The number of amides is 1. The van der Waals surface area contributed by atoms with E-state index in [4.69, 9.17) is 0 Å². The van der Waals surface area contributed by atoms with Crippen molar-refractivity contribution in [2.75, 3.05) is 6.54 Å². The lowest BCUT2D eigenvalue weighted by molar-refractivity contribution is 0.0688. The molecule has 0 radical (unpaired) electrons. The number of nitrogens with zero attached hydrogens (tertiary/aromatic N) is 1. The fourth-order valence-corrected chi connectivity index (χ4v) is 4.22. The molecule has 20 heavy (non-hydrogen) atoms. The third-order valence-corrected chi connectivity index (χ3v) is 5.43. The summed E-state index contributed by atoms with van der Waals surface area (Å²) >= 11 is 3.48. The van der Waals surface area contributed by atoms with Crippen LogP contribution in [0.3, 0.4) is 0 Å². The number of aryl methyl sites for hydroxylation is 1. The molecule has 2 aliphatic rings. The van der Waals surface area contributed by atoms with Crippen molar-refractivity contribution in [1.29, 1.82) is 0 Å². The van der Waals surface area contributed by atoms with Crippen LogP contribution in [0, 0.1) is 12.8 Å². The normalized spacial score (nSPS) is 23.5. The SMILES string of the molecule is Cc1ccc(Br)cc1C(=O)N1CCCC1C1CCCC1. The van der Waals surface area contributed by atoms with Gasteiger partial charge in [0.1, 0.15) is 0 Å². The molecule has 0 bridgehead atoms. The molecule has 3 rings (SSSR count). The van der Waals surface area contributed by atoms with E-state index >= 15 is 0 Å². The Hall–Kier alpha value is -0.830. The highest BCUT2D eigenvalue weighted by molar-refractivity contribution is 9.10. The van der Waals surface area contributed by atoms with E-state index in [1.54, 1.807) is 0 Å². The van der Waals surface area contributed by atoms with Crippen LogP contribution in [0.5, 0.6) is 0 Å². The number of halogens is 1. The number of rotatable bonds is 2. The van der Waals surface area contributed by atoms with Gasteiger partial charge in [0.15, 0.2) is 0 Å². The molecule has 1 aromatic carbocycles. The first kappa shape index (κ1) is 14.1. The molecular weight excluding hydrogens is 314 g/mol. The van der Waals surface area contributed by atoms with Crippen LogP contribution in [-0.2, 0) is 0 Å². The lowest BCUT2D eigenvalue weighted by Crippen LogP contribution is -2.39. The Kier molecular flexibility index (Phi) is 4.16. The van der Waals surface area contributed by atoms with E-state index in [0.29, 0.717) is 6.04 Å². The number of benzene rings is 1. The van der Waals surface area contributed by atoms with Crippen LogP contribution in [0.2, 0.25) is 0 Å². The molecule has 108 valence electrons. The first-order chi connectivity index (χ1) is 9.66. The Bertz CT molecular complexity index is 508. The van der Waals surface area contributed by atoms with Gasteiger partial charge >= 0.3 is 0 Å². The van der Waals surface area contributed by atoms with Crippen LogP contribution in [0.1, 0.15) is 54.4 Å². The van der Waals surface area contributed by atoms with Gasteiger partial charge in [-0.05, 0) is 56.2 Å². The molecule has 3 heteroatoms. The molecule has 1 saturated carbocycles. The summed E-state index contributed by atoms with van der Waals surface area (Å²) in [6.07, 6.45) is 7.68. The second-order valence-electron chi connectivity index (χ2n) is 6.21. The third kappa shape index (κ3) is 2.65. The van der Waals surface area contributed by atoms with Crippen molar-refractivity contribution >= 4 is 21.8 Å². The molecule has 1 atom stereocenters. The summed E-state index contributed by atoms with van der Waals surface area (Å²) in [7, 11) is 0. The van der Waals surface area contributed by atoms with Crippen LogP contribution in [0.4, 0.5) is 0 Å². The zero-order chi connectivity index (χ0) is 14.1. The molecule has 0 aromatic heterocycles. The first-order valence-corrected chi connectivity index (χ1v) is 8.53. The van der Waals surface area contributed by atoms with Gasteiger partial charge in [0.2, 0.25) is 0 Å². The molecule has 1 unspecified atom stereocenters. The zero-order valence-corrected chi connectivity index (χ0v) is 13.7. The first-order valence-electron chi connectivity index (χ1n) is 7.74. The Morgan fingerprint density at radius 2 is 1.95 bits per heavy atom. The van der Waals surface area contributed by atoms with Gasteiger partial charge in [0.05, 0.1) is 0 Å². The monoisotopic (exact) mass is 335 g/mol. The average Bonchev–Trinajstić information content (AvgIpc) is 3.10. The fourth-order valence-electron chi connectivity index (χ4n) is 3.86. The highest BCUT2D eigenvalue weighted by atomic mass is 79.9. The van der Waals surface area contributed by atoms with Crippen LogP contribution >= 0.6 is 15.9 Å². The van der Waals surface area contributed by atoms with Gasteiger partial charge in [-0.2, -0.15) is 0 Å². The van der Waals surface area contributed by atoms with E-state index in [1.165, 1.54) is 38.5 Å². The van der Waals surface area contributed by atoms with E-state index in [-0.39, 0.29) is 5.91 Å². The number of carbonyl (C=O) groups excluding carboxylic acids is 1. The second kappa shape index (κ2) is 5.88. The van der Waals surface area contributed by atoms with Gasteiger partial charge in [-0.15, -0.1) is 0 Å². The molecule has 2 nitrogen and oxygen atoms in total. The Labute approximate surface area is 129 Å². The molecule has 1 aromatic rings. The molecule has 1 heterocycles. The minimum atomic E-state index is 0.234. The number of likely N-dealkylation sites (tertiary alicyclic amines) is 1. The van der Waals surface area contributed by atoms with E-state index in [1.807, 2.05) is 25.1 Å². The van der Waals surface area contributed by atoms with Crippen LogP contribution < -0.4 is 0 Å². The largest absolute Gasteiger partial charge is 0.335 e. The van der Waals surface area contributed by atoms with E-state index in [9.17, 15) is 4.79 Å². The van der Waals surface area contributed by atoms with E-state index in [0.717, 1.165) is 28.1 Å². The third-order valence-electron chi connectivity index (χ3n) is 4.93. The summed E-state index contributed by atoms with van der Waals surface area (Å²) in [5.74, 6) is 0.979. The number of hydrogen-bond acceptors (Lipinski definition) is 1. The highest BCUT2D eigenvalue weighted by Crippen LogP contribution is 2.36. The minimum absolute atomic E-state index is 0.234. The van der Waals surface area contributed by atoms with Crippen molar-refractivity contribution in [2.24, 2.45) is 5.92 Å². The quantitative estimate of drug-likeness (QED) is 0.776. The van der Waals surface area contributed by atoms with Crippen molar-refractivity contribution in [2.45, 2.75) is 51.5 Å². The van der Waals surface area contributed by atoms with Gasteiger partial charge in [-0.3, -0.25) is 4.79 Å². The topological polar surface area (TPSA) is 20.3 Å². The van der Waals surface area contributed by atoms with Gasteiger partial charge in [0, 0.05) is 22.6 Å². The summed E-state index contributed by atoms with van der Waals surface area (Å²) < 4.78 is 0.989. The summed E-state index contributed by atoms with van der Waals surface area (Å²) in [5, 5.41) is 0. The summed E-state index contributed by atoms with van der Waals surface area (Å²) in [6, 6.07) is 6.49. The van der Waals surface area contributed by atoms with Crippen LogP contribution in [0.15, 0.2) is 22.7 Å². The Morgan fingerprint density at radius 1 is 1.20 bits per heavy atom. The molecular formula is C17H22BrNO.